The maximum Gasteiger partial charge on any atom is 0.363 e. The fourth-order valence-corrected chi connectivity index (χ4v) is 2.80. The van der Waals surface area contributed by atoms with E-state index in [0.29, 0.717) is 34.1 Å². The van der Waals surface area contributed by atoms with Crippen LogP contribution in [0.1, 0.15) is 16.7 Å². The molecule has 0 aromatic heterocycles. The van der Waals surface area contributed by atoms with E-state index in [1.807, 2.05) is 13.0 Å². The molecule has 1 heterocycles. The van der Waals surface area contributed by atoms with Gasteiger partial charge < -0.3 is 23.7 Å². The van der Waals surface area contributed by atoms with Gasteiger partial charge in [0.1, 0.15) is 23.0 Å². The van der Waals surface area contributed by atoms with Crippen LogP contribution in [0.25, 0.3) is 6.08 Å². The molecule has 0 spiro atoms. The fourth-order valence-electron chi connectivity index (χ4n) is 2.80. The van der Waals surface area contributed by atoms with Crippen molar-refractivity contribution in [1.82, 2.24) is 0 Å². The van der Waals surface area contributed by atoms with Gasteiger partial charge in [-0.05, 0) is 42.8 Å². The zero-order valence-electron chi connectivity index (χ0n) is 16.4. The Morgan fingerprint density at radius 3 is 2.07 bits per heavy atom. The van der Waals surface area contributed by atoms with Gasteiger partial charge in [-0.25, -0.2) is 9.79 Å². The summed E-state index contributed by atoms with van der Waals surface area (Å²) in [6.45, 7) is 1.91. The molecule has 0 atom stereocenters. The van der Waals surface area contributed by atoms with Crippen LogP contribution in [0, 0.1) is 6.92 Å². The van der Waals surface area contributed by atoms with Gasteiger partial charge in [-0.15, -0.1) is 0 Å². The maximum atomic E-state index is 12.4. The molecular formula is C21H21NO6. The first-order chi connectivity index (χ1) is 13.5. The Labute approximate surface area is 163 Å². The number of methoxy groups -OCH3 is 4. The van der Waals surface area contributed by atoms with Gasteiger partial charge >= 0.3 is 5.97 Å². The maximum absolute atomic E-state index is 12.4. The molecule has 0 unspecified atom stereocenters. The number of esters is 1. The van der Waals surface area contributed by atoms with Gasteiger partial charge in [0.15, 0.2) is 5.70 Å². The SMILES string of the molecule is COc1cc(OC)cc(C2=N/C(=C/c3cc(OC)c(C)cc3OC)C(=O)O2)c1. The Bertz CT molecular complexity index is 955. The lowest BCUT2D eigenvalue weighted by molar-refractivity contribution is -0.129. The number of benzene rings is 2. The molecule has 0 radical (unpaired) electrons. The number of carbonyl (C=O) groups is 1. The summed E-state index contributed by atoms with van der Waals surface area (Å²) in [5.41, 5.74) is 2.30. The number of aryl methyl sites for hydroxylation is 1. The summed E-state index contributed by atoms with van der Waals surface area (Å²) in [6.07, 6.45) is 1.60. The van der Waals surface area contributed by atoms with Crippen molar-refractivity contribution in [3.05, 3.63) is 52.7 Å². The number of hydrogen-bond acceptors (Lipinski definition) is 7. The molecule has 1 aliphatic rings. The summed E-state index contributed by atoms with van der Waals surface area (Å²) in [5.74, 6) is 2.03. The quantitative estimate of drug-likeness (QED) is 0.562. The van der Waals surface area contributed by atoms with E-state index in [9.17, 15) is 4.79 Å². The summed E-state index contributed by atoms with van der Waals surface area (Å²) in [4.78, 5) is 16.7. The number of cyclic esters (lactones) is 1. The molecule has 2 aromatic rings. The van der Waals surface area contributed by atoms with Crippen LogP contribution in [0.3, 0.4) is 0 Å². The average molecular weight is 383 g/mol. The van der Waals surface area contributed by atoms with Crippen molar-refractivity contribution in [2.45, 2.75) is 6.92 Å². The van der Waals surface area contributed by atoms with Crippen molar-refractivity contribution in [3.63, 3.8) is 0 Å². The molecule has 28 heavy (non-hydrogen) atoms. The lowest BCUT2D eigenvalue weighted by Crippen LogP contribution is -2.06. The average Bonchev–Trinajstić information content (AvgIpc) is 3.08. The molecular weight excluding hydrogens is 362 g/mol. The summed E-state index contributed by atoms with van der Waals surface area (Å²) in [6, 6.07) is 8.78. The molecule has 7 heteroatoms. The van der Waals surface area contributed by atoms with Gasteiger partial charge in [0, 0.05) is 17.2 Å². The predicted octanol–water partition coefficient (Wildman–Crippen LogP) is 3.37. The first-order valence-corrected chi connectivity index (χ1v) is 8.47. The topological polar surface area (TPSA) is 75.6 Å². The van der Waals surface area contributed by atoms with Crippen molar-refractivity contribution in [3.8, 4) is 23.0 Å². The summed E-state index contributed by atoms with van der Waals surface area (Å²) < 4.78 is 26.6. The van der Waals surface area contributed by atoms with Gasteiger partial charge in [0.05, 0.1) is 28.4 Å². The van der Waals surface area contributed by atoms with Crippen LogP contribution >= 0.6 is 0 Å². The van der Waals surface area contributed by atoms with Gasteiger partial charge in [-0.3, -0.25) is 0 Å². The molecule has 1 aliphatic heterocycles. The minimum Gasteiger partial charge on any atom is -0.497 e. The van der Waals surface area contributed by atoms with E-state index in [-0.39, 0.29) is 11.6 Å². The standard InChI is InChI=1S/C21H21NO6/c1-12-6-19(27-5)13(10-18(12)26-4)9-17-21(23)28-20(22-17)14-7-15(24-2)11-16(8-14)25-3/h6-11H,1-5H3/b17-9+. The molecule has 0 bridgehead atoms. The van der Waals surface area contributed by atoms with Crippen LogP contribution in [0.2, 0.25) is 0 Å². The zero-order valence-corrected chi connectivity index (χ0v) is 16.4. The Hall–Kier alpha value is -3.48. The summed E-state index contributed by atoms with van der Waals surface area (Å²) in [7, 11) is 6.24. The Morgan fingerprint density at radius 2 is 1.50 bits per heavy atom. The third-order valence-electron chi connectivity index (χ3n) is 4.26. The van der Waals surface area contributed by atoms with Crippen molar-refractivity contribution in [2.24, 2.45) is 4.99 Å². The highest BCUT2D eigenvalue weighted by Gasteiger charge is 2.25. The van der Waals surface area contributed by atoms with Crippen LogP contribution < -0.4 is 18.9 Å². The van der Waals surface area contributed by atoms with Crippen molar-refractivity contribution < 1.29 is 28.5 Å². The van der Waals surface area contributed by atoms with Gasteiger partial charge in [0.25, 0.3) is 0 Å². The molecule has 0 N–H and O–H groups in total. The van der Waals surface area contributed by atoms with Crippen molar-refractivity contribution in [1.29, 1.82) is 0 Å². The van der Waals surface area contributed by atoms with Crippen LogP contribution in [0.4, 0.5) is 0 Å². The Balaban J connectivity index is 2.03. The second-order valence-corrected chi connectivity index (χ2v) is 6.00. The largest absolute Gasteiger partial charge is 0.497 e. The third kappa shape index (κ3) is 3.78. The van der Waals surface area contributed by atoms with E-state index < -0.39 is 5.97 Å². The minimum absolute atomic E-state index is 0.154. The molecule has 7 nitrogen and oxygen atoms in total. The number of carbonyl (C=O) groups excluding carboxylic acids is 1. The normalized spacial score (nSPS) is 14.5. The van der Waals surface area contributed by atoms with E-state index >= 15 is 0 Å². The van der Waals surface area contributed by atoms with Gasteiger partial charge in [-0.2, -0.15) is 0 Å². The number of aliphatic imine (C=N–C) groups is 1. The summed E-state index contributed by atoms with van der Waals surface area (Å²) >= 11 is 0. The molecule has 0 aliphatic carbocycles. The molecule has 0 saturated carbocycles. The summed E-state index contributed by atoms with van der Waals surface area (Å²) in [5, 5.41) is 0. The van der Waals surface area contributed by atoms with Gasteiger partial charge in [-0.1, -0.05) is 0 Å². The highest BCUT2D eigenvalue weighted by atomic mass is 16.6. The predicted molar refractivity (Wildman–Crippen MR) is 104 cm³/mol. The van der Waals surface area contributed by atoms with E-state index in [2.05, 4.69) is 4.99 Å². The van der Waals surface area contributed by atoms with E-state index in [1.54, 1.807) is 58.8 Å². The second kappa shape index (κ2) is 8.04. The number of ether oxygens (including phenoxy) is 5. The molecule has 0 saturated heterocycles. The molecule has 0 fully saturated rings. The first kappa shape index (κ1) is 19.3. The lowest BCUT2D eigenvalue weighted by atomic mass is 10.1. The number of hydrogen-bond donors (Lipinski definition) is 0. The number of rotatable bonds is 6. The first-order valence-electron chi connectivity index (χ1n) is 8.47. The fraction of sp³-hybridized carbons (Fsp3) is 0.238. The van der Waals surface area contributed by atoms with Crippen LogP contribution in [-0.2, 0) is 9.53 Å². The van der Waals surface area contributed by atoms with E-state index in [4.69, 9.17) is 23.7 Å². The van der Waals surface area contributed by atoms with E-state index in [1.165, 1.54) is 0 Å². The second-order valence-electron chi connectivity index (χ2n) is 6.00. The lowest BCUT2D eigenvalue weighted by Gasteiger charge is -2.10. The molecule has 0 amide bonds. The monoisotopic (exact) mass is 383 g/mol. The van der Waals surface area contributed by atoms with Crippen LogP contribution in [-0.4, -0.2) is 40.3 Å². The highest BCUT2D eigenvalue weighted by Crippen LogP contribution is 2.32. The van der Waals surface area contributed by atoms with Crippen LogP contribution in [0.5, 0.6) is 23.0 Å². The molecule has 2 aromatic carbocycles. The Morgan fingerprint density at radius 1 is 0.857 bits per heavy atom. The highest BCUT2D eigenvalue weighted by molar-refractivity contribution is 6.13. The van der Waals surface area contributed by atoms with Gasteiger partial charge in [0.2, 0.25) is 5.90 Å². The molecule has 3 rings (SSSR count). The third-order valence-corrected chi connectivity index (χ3v) is 4.26. The van der Waals surface area contributed by atoms with Crippen molar-refractivity contribution in [2.75, 3.05) is 28.4 Å². The van der Waals surface area contributed by atoms with Crippen molar-refractivity contribution >= 4 is 17.9 Å². The Kier molecular flexibility index (Phi) is 5.54. The number of nitrogens with zero attached hydrogens (tertiary/aromatic N) is 1. The van der Waals surface area contributed by atoms with E-state index in [0.717, 1.165) is 5.56 Å². The zero-order chi connectivity index (χ0) is 20.3. The smallest absolute Gasteiger partial charge is 0.363 e. The van der Waals surface area contributed by atoms with Crippen LogP contribution in [0.15, 0.2) is 41.0 Å². The minimum atomic E-state index is -0.557. The molecule has 146 valence electrons.